The van der Waals surface area contributed by atoms with E-state index in [4.69, 9.17) is 9.98 Å². The molecule has 0 saturated carbocycles. The van der Waals surface area contributed by atoms with Gasteiger partial charge in [-0.05, 0) is 85.6 Å². The van der Waals surface area contributed by atoms with E-state index in [0.29, 0.717) is 0 Å². The van der Waals surface area contributed by atoms with Crippen LogP contribution in [0.25, 0.3) is 64.6 Å². The van der Waals surface area contributed by atoms with Crippen LogP contribution in [0, 0.1) is 0 Å². The Labute approximate surface area is 279 Å². The summed E-state index contributed by atoms with van der Waals surface area (Å²) in [5, 5.41) is 5.88. The molecule has 1 aromatic heterocycles. The van der Waals surface area contributed by atoms with Crippen molar-refractivity contribution in [1.29, 1.82) is 0 Å². The number of rotatable bonds is 5. The van der Waals surface area contributed by atoms with Gasteiger partial charge in [0.2, 0.25) is 0 Å². The monoisotopic (exact) mass is 622 g/mol. The Morgan fingerprint density at radius 3 is 2.15 bits per heavy atom. The Bertz CT molecular complexity index is 2450. The molecule has 8 rings (SSSR count). The molecular weight excluding hydrogens is 589 g/mol. The molecule has 0 atom stereocenters. The lowest BCUT2D eigenvalue weighted by Crippen LogP contribution is -2.11. The molecule has 8 aromatic rings. The summed E-state index contributed by atoms with van der Waals surface area (Å²) in [6.07, 6.45) is 1.98. The Kier molecular flexibility index (Phi) is 7.27. The standard InChI is InChI=1S/C44H34N2S/c1-44(2,3)36-26-39(34-17-11-16-32(25-34)33-23-22-29-12-4-5-14-31(29)24-33)42-41(27-36)47-43(46-42)38-20-8-9-21-40(38)45-28-35-18-10-15-30-13-6-7-19-37(30)35/h4-28H,1-3H3. The van der Waals surface area contributed by atoms with Crippen molar-refractivity contribution in [2.75, 3.05) is 0 Å². The van der Waals surface area contributed by atoms with Crippen molar-refractivity contribution in [2.24, 2.45) is 4.99 Å². The quantitative estimate of drug-likeness (QED) is 0.175. The average Bonchev–Trinajstić information content (AvgIpc) is 3.54. The average molecular weight is 623 g/mol. The van der Waals surface area contributed by atoms with Gasteiger partial charge in [-0.25, -0.2) is 4.98 Å². The Hall–Kier alpha value is -5.38. The topological polar surface area (TPSA) is 25.2 Å². The fourth-order valence-electron chi connectivity index (χ4n) is 6.30. The van der Waals surface area contributed by atoms with Gasteiger partial charge in [0.1, 0.15) is 5.01 Å². The number of aliphatic imine (C=N–C) groups is 1. The lowest BCUT2D eigenvalue weighted by molar-refractivity contribution is 0.591. The Morgan fingerprint density at radius 2 is 1.28 bits per heavy atom. The van der Waals surface area contributed by atoms with E-state index in [-0.39, 0.29) is 5.41 Å². The Balaban J connectivity index is 1.24. The van der Waals surface area contributed by atoms with Crippen molar-refractivity contribution in [3.05, 3.63) is 157 Å². The van der Waals surface area contributed by atoms with Crippen LogP contribution in [-0.4, -0.2) is 11.2 Å². The fourth-order valence-corrected chi connectivity index (χ4v) is 7.37. The first kappa shape index (κ1) is 29.1. The molecule has 1 heterocycles. The zero-order valence-electron chi connectivity index (χ0n) is 26.7. The second-order valence-corrected chi connectivity index (χ2v) is 14.2. The molecular formula is C44H34N2S. The summed E-state index contributed by atoms with van der Waals surface area (Å²) in [6, 6.07) is 52.0. The molecule has 0 radical (unpaired) electrons. The highest BCUT2D eigenvalue weighted by atomic mass is 32.1. The third-order valence-electron chi connectivity index (χ3n) is 8.92. The zero-order chi connectivity index (χ0) is 32.0. The maximum Gasteiger partial charge on any atom is 0.126 e. The summed E-state index contributed by atoms with van der Waals surface area (Å²) in [4.78, 5) is 10.4. The number of hydrogen-bond donors (Lipinski definition) is 0. The van der Waals surface area contributed by atoms with Crippen molar-refractivity contribution in [3.8, 4) is 32.8 Å². The molecule has 3 heteroatoms. The van der Waals surface area contributed by atoms with Crippen LogP contribution in [0.1, 0.15) is 31.9 Å². The lowest BCUT2D eigenvalue weighted by atomic mass is 9.85. The molecule has 226 valence electrons. The summed E-state index contributed by atoms with van der Waals surface area (Å²) >= 11 is 1.74. The van der Waals surface area contributed by atoms with Crippen LogP contribution < -0.4 is 0 Å². The normalized spacial score (nSPS) is 12.1. The van der Waals surface area contributed by atoms with Crippen molar-refractivity contribution in [2.45, 2.75) is 26.2 Å². The number of nitrogens with zero attached hydrogens (tertiary/aromatic N) is 2. The van der Waals surface area contributed by atoms with Gasteiger partial charge >= 0.3 is 0 Å². The molecule has 7 aromatic carbocycles. The molecule has 0 N–H and O–H groups in total. The second-order valence-electron chi connectivity index (χ2n) is 13.1. The van der Waals surface area contributed by atoms with Crippen molar-refractivity contribution < 1.29 is 0 Å². The van der Waals surface area contributed by atoms with Crippen molar-refractivity contribution in [3.63, 3.8) is 0 Å². The second kappa shape index (κ2) is 11.8. The maximum absolute atomic E-state index is 5.34. The van der Waals surface area contributed by atoms with E-state index in [9.17, 15) is 0 Å². The van der Waals surface area contributed by atoms with Crippen LogP contribution in [0.15, 0.2) is 151 Å². The molecule has 0 aliphatic carbocycles. The van der Waals surface area contributed by atoms with Gasteiger partial charge in [0, 0.05) is 22.9 Å². The minimum Gasteiger partial charge on any atom is -0.256 e. The molecule has 0 amide bonds. The van der Waals surface area contributed by atoms with Crippen LogP contribution in [0.5, 0.6) is 0 Å². The third-order valence-corrected chi connectivity index (χ3v) is 9.95. The lowest BCUT2D eigenvalue weighted by Gasteiger charge is -2.20. The number of aromatic nitrogens is 1. The van der Waals surface area contributed by atoms with Gasteiger partial charge in [-0.3, -0.25) is 4.99 Å². The van der Waals surface area contributed by atoms with Crippen LogP contribution in [-0.2, 0) is 5.41 Å². The summed E-state index contributed by atoms with van der Waals surface area (Å²) in [6.45, 7) is 6.84. The number of fused-ring (bicyclic) bond motifs is 3. The van der Waals surface area contributed by atoms with E-state index in [1.807, 2.05) is 12.3 Å². The van der Waals surface area contributed by atoms with Crippen molar-refractivity contribution in [1.82, 2.24) is 4.98 Å². The van der Waals surface area contributed by atoms with Crippen LogP contribution in [0.4, 0.5) is 5.69 Å². The van der Waals surface area contributed by atoms with Crippen molar-refractivity contribution >= 4 is 55.0 Å². The van der Waals surface area contributed by atoms with E-state index >= 15 is 0 Å². The summed E-state index contributed by atoms with van der Waals surface area (Å²) in [5.41, 5.74) is 10.1. The van der Waals surface area contributed by atoms with Gasteiger partial charge in [0.15, 0.2) is 0 Å². The number of hydrogen-bond acceptors (Lipinski definition) is 3. The SMILES string of the molecule is CC(C)(C)c1cc(-c2cccc(-c3ccc4ccccc4c3)c2)c2nc(-c3ccccc3N=Cc3cccc4ccccc34)sc2c1. The van der Waals surface area contributed by atoms with Crippen LogP contribution >= 0.6 is 11.3 Å². The highest BCUT2D eigenvalue weighted by Crippen LogP contribution is 2.42. The molecule has 0 fully saturated rings. The number of thiazole rings is 1. The molecule has 2 nitrogen and oxygen atoms in total. The van der Waals surface area contributed by atoms with Gasteiger partial charge in [0.25, 0.3) is 0 Å². The first-order chi connectivity index (χ1) is 22.9. The summed E-state index contributed by atoms with van der Waals surface area (Å²) in [7, 11) is 0. The fraction of sp³-hybridized carbons (Fsp3) is 0.0909. The van der Waals surface area contributed by atoms with E-state index < -0.39 is 0 Å². The van der Waals surface area contributed by atoms with Gasteiger partial charge < -0.3 is 0 Å². The maximum atomic E-state index is 5.34. The smallest absolute Gasteiger partial charge is 0.126 e. The highest BCUT2D eigenvalue weighted by molar-refractivity contribution is 7.21. The highest BCUT2D eigenvalue weighted by Gasteiger charge is 2.20. The Morgan fingerprint density at radius 1 is 0.574 bits per heavy atom. The first-order valence-corrected chi connectivity index (χ1v) is 16.9. The predicted molar refractivity (Wildman–Crippen MR) is 203 cm³/mol. The number of para-hydroxylation sites is 1. The van der Waals surface area contributed by atoms with Crippen LogP contribution in [0.2, 0.25) is 0 Å². The molecule has 0 unspecified atom stereocenters. The summed E-state index contributed by atoms with van der Waals surface area (Å²) < 4.78 is 1.19. The van der Waals surface area contributed by atoms with Gasteiger partial charge in [-0.1, -0.05) is 130 Å². The minimum atomic E-state index is -0.0102. The molecule has 0 spiro atoms. The molecule has 0 saturated heterocycles. The van der Waals surface area contributed by atoms with E-state index in [2.05, 4.69) is 160 Å². The number of benzene rings is 7. The van der Waals surface area contributed by atoms with Gasteiger partial charge in [0.05, 0.1) is 15.9 Å². The van der Waals surface area contributed by atoms with E-state index in [1.54, 1.807) is 11.3 Å². The zero-order valence-corrected chi connectivity index (χ0v) is 27.6. The molecule has 47 heavy (non-hydrogen) atoms. The molecule has 0 bridgehead atoms. The van der Waals surface area contributed by atoms with E-state index in [0.717, 1.165) is 32.9 Å². The van der Waals surface area contributed by atoms with Gasteiger partial charge in [-0.15, -0.1) is 11.3 Å². The molecule has 0 aliphatic rings. The van der Waals surface area contributed by atoms with Gasteiger partial charge in [-0.2, -0.15) is 0 Å². The molecule has 0 aliphatic heterocycles. The predicted octanol–water partition coefficient (Wildman–Crippen LogP) is 12.7. The summed E-state index contributed by atoms with van der Waals surface area (Å²) in [5.74, 6) is 0. The largest absolute Gasteiger partial charge is 0.256 e. The van der Waals surface area contributed by atoms with Crippen LogP contribution in [0.3, 0.4) is 0 Å². The third kappa shape index (κ3) is 5.64. The van der Waals surface area contributed by atoms with E-state index in [1.165, 1.54) is 48.5 Å². The minimum absolute atomic E-state index is 0.0102. The first-order valence-electron chi connectivity index (χ1n) is 16.1.